The molecule has 0 atom stereocenters. The fourth-order valence-corrected chi connectivity index (χ4v) is 2.89. The van der Waals surface area contributed by atoms with Gasteiger partial charge in [0.2, 0.25) is 0 Å². The molecule has 8 heteroatoms. The summed E-state index contributed by atoms with van der Waals surface area (Å²) in [5.74, 6) is 0.698. The highest BCUT2D eigenvalue weighted by Crippen LogP contribution is 2.29. The third-order valence-corrected chi connectivity index (χ3v) is 4.10. The number of benzene rings is 2. The standard InChI is InChI=1S/C19H21F2N3O2.HI/c1-22-19(24(2)10-13-3-5-16(20)6-4-13)23-9-14-7-17(21)8-15-11-25-12-26-18(14)15;/h3-8H,9-12H2,1-2H3,(H,22,23);1H. The summed E-state index contributed by atoms with van der Waals surface area (Å²) >= 11 is 0. The summed E-state index contributed by atoms with van der Waals surface area (Å²) in [5.41, 5.74) is 2.36. The minimum atomic E-state index is -0.329. The molecular formula is C19H22F2IN3O2. The van der Waals surface area contributed by atoms with E-state index in [0.29, 0.717) is 42.5 Å². The van der Waals surface area contributed by atoms with E-state index in [9.17, 15) is 8.78 Å². The second-order valence-electron chi connectivity index (χ2n) is 6.05. The van der Waals surface area contributed by atoms with Crippen LogP contribution in [0.5, 0.6) is 5.75 Å². The second kappa shape index (κ2) is 9.84. The van der Waals surface area contributed by atoms with Gasteiger partial charge in [0.1, 0.15) is 17.4 Å². The molecule has 1 aliphatic rings. The first-order valence-electron chi connectivity index (χ1n) is 8.25. The van der Waals surface area contributed by atoms with Crippen LogP contribution in [0.2, 0.25) is 0 Å². The van der Waals surface area contributed by atoms with E-state index in [2.05, 4.69) is 10.3 Å². The molecule has 0 bridgehead atoms. The topological polar surface area (TPSA) is 46.1 Å². The van der Waals surface area contributed by atoms with Gasteiger partial charge in [-0.2, -0.15) is 0 Å². The van der Waals surface area contributed by atoms with Crippen molar-refractivity contribution in [3.63, 3.8) is 0 Å². The molecule has 2 aromatic rings. The zero-order valence-electron chi connectivity index (χ0n) is 15.2. The minimum absolute atomic E-state index is 0. The predicted octanol–water partition coefficient (Wildman–Crippen LogP) is 3.66. The lowest BCUT2D eigenvalue weighted by atomic mass is 10.1. The maximum Gasteiger partial charge on any atom is 0.193 e. The van der Waals surface area contributed by atoms with Gasteiger partial charge >= 0.3 is 0 Å². The quantitative estimate of drug-likeness (QED) is 0.405. The van der Waals surface area contributed by atoms with E-state index in [1.54, 1.807) is 19.2 Å². The Morgan fingerprint density at radius 1 is 1.19 bits per heavy atom. The normalized spacial score (nSPS) is 13.3. The van der Waals surface area contributed by atoms with Gasteiger partial charge in [0.15, 0.2) is 12.8 Å². The molecule has 0 aliphatic carbocycles. The second-order valence-corrected chi connectivity index (χ2v) is 6.05. The molecule has 1 heterocycles. The number of hydrogen-bond donors (Lipinski definition) is 1. The van der Waals surface area contributed by atoms with E-state index < -0.39 is 0 Å². The van der Waals surface area contributed by atoms with E-state index in [1.807, 2.05) is 11.9 Å². The highest BCUT2D eigenvalue weighted by atomic mass is 127. The van der Waals surface area contributed by atoms with Gasteiger partial charge in [-0.05, 0) is 29.8 Å². The van der Waals surface area contributed by atoms with Crippen LogP contribution < -0.4 is 10.1 Å². The van der Waals surface area contributed by atoms with Gasteiger partial charge in [-0.1, -0.05) is 12.1 Å². The Morgan fingerprint density at radius 3 is 2.63 bits per heavy atom. The van der Waals surface area contributed by atoms with Crippen LogP contribution in [-0.2, 0) is 24.4 Å². The van der Waals surface area contributed by atoms with Crippen molar-refractivity contribution < 1.29 is 18.3 Å². The van der Waals surface area contributed by atoms with E-state index >= 15 is 0 Å². The minimum Gasteiger partial charge on any atom is -0.467 e. The number of nitrogens with one attached hydrogen (secondary N) is 1. The van der Waals surface area contributed by atoms with Crippen molar-refractivity contribution >= 4 is 29.9 Å². The molecule has 146 valence electrons. The average Bonchev–Trinajstić information content (AvgIpc) is 2.64. The number of hydrogen-bond acceptors (Lipinski definition) is 3. The maximum atomic E-state index is 13.8. The Kier molecular flexibility index (Phi) is 7.78. The maximum absolute atomic E-state index is 13.8. The first kappa shape index (κ1) is 21.4. The molecule has 1 aliphatic heterocycles. The van der Waals surface area contributed by atoms with E-state index in [0.717, 1.165) is 5.56 Å². The average molecular weight is 489 g/mol. The third-order valence-electron chi connectivity index (χ3n) is 4.10. The molecule has 0 spiro atoms. The number of fused-ring (bicyclic) bond motifs is 1. The van der Waals surface area contributed by atoms with Crippen molar-refractivity contribution in [3.8, 4) is 5.75 Å². The van der Waals surface area contributed by atoms with Gasteiger partial charge < -0.3 is 19.7 Å². The third kappa shape index (κ3) is 5.52. The van der Waals surface area contributed by atoms with Crippen LogP contribution in [0.25, 0.3) is 0 Å². The number of halogens is 3. The van der Waals surface area contributed by atoms with E-state index in [1.165, 1.54) is 24.3 Å². The van der Waals surface area contributed by atoms with E-state index in [-0.39, 0.29) is 42.4 Å². The molecule has 3 rings (SSSR count). The number of nitrogens with zero attached hydrogens (tertiary/aromatic N) is 2. The number of aliphatic imine (C=N–C) groups is 1. The SMILES string of the molecule is CN=C(NCc1cc(F)cc2c1OCOC2)N(C)Cc1ccc(F)cc1.I. The Labute approximate surface area is 174 Å². The highest BCUT2D eigenvalue weighted by molar-refractivity contribution is 14.0. The monoisotopic (exact) mass is 489 g/mol. The molecule has 2 aromatic carbocycles. The molecule has 5 nitrogen and oxygen atoms in total. The Bertz CT molecular complexity index is 800. The van der Waals surface area contributed by atoms with Crippen molar-refractivity contribution in [2.24, 2.45) is 4.99 Å². The lowest BCUT2D eigenvalue weighted by molar-refractivity contribution is -0.0173. The fraction of sp³-hybridized carbons (Fsp3) is 0.316. The molecule has 0 unspecified atom stereocenters. The van der Waals surface area contributed by atoms with Crippen molar-refractivity contribution in [1.29, 1.82) is 0 Å². The van der Waals surface area contributed by atoms with Crippen LogP contribution in [0.15, 0.2) is 41.4 Å². The molecule has 0 saturated heterocycles. The number of guanidine groups is 1. The zero-order chi connectivity index (χ0) is 18.5. The summed E-state index contributed by atoms with van der Waals surface area (Å²) in [7, 11) is 3.55. The molecule has 0 amide bonds. The molecule has 0 saturated carbocycles. The summed E-state index contributed by atoms with van der Waals surface area (Å²) in [6.45, 7) is 1.41. The molecular weight excluding hydrogens is 467 g/mol. The molecule has 0 fully saturated rings. The summed E-state index contributed by atoms with van der Waals surface area (Å²) in [4.78, 5) is 6.16. The van der Waals surface area contributed by atoms with Gasteiger partial charge in [-0.15, -0.1) is 24.0 Å². The highest BCUT2D eigenvalue weighted by Gasteiger charge is 2.17. The molecule has 27 heavy (non-hydrogen) atoms. The van der Waals surface area contributed by atoms with Crippen LogP contribution in [0.4, 0.5) is 8.78 Å². The van der Waals surface area contributed by atoms with Crippen molar-refractivity contribution in [2.45, 2.75) is 19.7 Å². The van der Waals surface area contributed by atoms with Gasteiger partial charge in [0.25, 0.3) is 0 Å². The first-order chi connectivity index (χ1) is 12.6. The van der Waals surface area contributed by atoms with Gasteiger partial charge in [0.05, 0.1) is 6.61 Å². The molecule has 1 N–H and O–H groups in total. The zero-order valence-corrected chi connectivity index (χ0v) is 17.5. The van der Waals surface area contributed by atoms with Crippen LogP contribution >= 0.6 is 24.0 Å². The Balaban J connectivity index is 0.00000261. The predicted molar refractivity (Wildman–Crippen MR) is 110 cm³/mol. The smallest absolute Gasteiger partial charge is 0.193 e. The largest absolute Gasteiger partial charge is 0.467 e. The van der Waals surface area contributed by atoms with E-state index in [4.69, 9.17) is 9.47 Å². The van der Waals surface area contributed by atoms with Gasteiger partial charge in [-0.25, -0.2) is 8.78 Å². The summed E-state index contributed by atoms with van der Waals surface area (Å²) in [6, 6.07) is 9.19. The fourth-order valence-electron chi connectivity index (χ4n) is 2.89. The van der Waals surface area contributed by atoms with Crippen molar-refractivity contribution in [2.75, 3.05) is 20.9 Å². The number of rotatable bonds is 4. The van der Waals surface area contributed by atoms with Gasteiger partial charge in [-0.3, -0.25) is 4.99 Å². The molecule has 0 aromatic heterocycles. The lowest BCUT2D eigenvalue weighted by Gasteiger charge is -2.24. The Hall–Kier alpha value is -1.94. The number of ether oxygens (including phenoxy) is 2. The van der Waals surface area contributed by atoms with Crippen molar-refractivity contribution in [3.05, 3.63) is 64.7 Å². The Morgan fingerprint density at radius 2 is 1.93 bits per heavy atom. The molecule has 0 radical (unpaired) electrons. The van der Waals surface area contributed by atoms with Crippen LogP contribution in [0, 0.1) is 11.6 Å². The summed E-state index contributed by atoms with van der Waals surface area (Å²) < 4.78 is 37.6. The lowest BCUT2D eigenvalue weighted by Crippen LogP contribution is -2.38. The van der Waals surface area contributed by atoms with Crippen LogP contribution in [0.1, 0.15) is 16.7 Å². The summed E-state index contributed by atoms with van der Waals surface area (Å²) in [5, 5.41) is 3.21. The summed E-state index contributed by atoms with van der Waals surface area (Å²) in [6.07, 6.45) is 0. The van der Waals surface area contributed by atoms with Crippen LogP contribution in [0.3, 0.4) is 0 Å². The first-order valence-corrected chi connectivity index (χ1v) is 8.25. The van der Waals surface area contributed by atoms with Crippen LogP contribution in [-0.4, -0.2) is 31.7 Å². The van der Waals surface area contributed by atoms with Crippen molar-refractivity contribution in [1.82, 2.24) is 10.2 Å². The van der Waals surface area contributed by atoms with Gasteiger partial charge in [0, 0.05) is 38.3 Å².